The Balaban J connectivity index is 1.79. The van der Waals surface area contributed by atoms with Crippen molar-refractivity contribution in [1.29, 1.82) is 0 Å². The van der Waals surface area contributed by atoms with Crippen LogP contribution >= 0.6 is 0 Å². The topological polar surface area (TPSA) is 55.2 Å². The zero-order valence-electron chi connectivity index (χ0n) is 22.6. The quantitative estimate of drug-likeness (QED) is 0.329. The van der Waals surface area contributed by atoms with Crippen molar-refractivity contribution >= 4 is 16.8 Å². The van der Waals surface area contributed by atoms with Gasteiger partial charge in [-0.2, -0.15) is 0 Å². The average molecular weight is 488 g/mol. The van der Waals surface area contributed by atoms with E-state index in [1.165, 1.54) is 25.7 Å². The molecule has 5 heteroatoms. The molecule has 0 bridgehead atoms. The van der Waals surface area contributed by atoms with Gasteiger partial charge in [0.05, 0.1) is 22.6 Å². The fraction of sp³-hybridized carbons (Fsp3) is 0.516. The molecule has 1 atom stereocenters. The van der Waals surface area contributed by atoms with Crippen molar-refractivity contribution in [2.75, 3.05) is 6.54 Å². The highest BCUT2D eigenvalue weighted by Gasteiger charge is 2.28. The van der Waals surface area contributed by atoms with E-state index in [0.717, 1.165) is 29.7 Å². The van der Waals surface area contributed by atoms with Crippen LogP contribution in [0.3, 0.4) is 0 Å². The normalized spacial score (nSPS) is 15.1. The summed E-state index contributed by atoms with van der Waals surface area (Å²) < 4.78 is 1.74. The van der Waals surface area contributed by atoms with Gasteiger partial charge in [-0.15, -0.1) is 0 Å². The van der Waals surface area contributed by atoms with Gasteiger partial charge in [-0.1, -0.05) is 69.4 Å². The second kappa shape index (κ2) is 11.4. The second-order valence-electron chi connectivity index (χ2n) is 11.1. The molecular formula is C31H41N3O2. The van der Waals surface area contributed by atoms with E-state index in [1.807, 2.05) is 55.1 Å². The number of aryl methyl sites for hydroxylation is 2. The fourth-order valence-corrected chi connectivity index (χ4v) is 5.56. The molecule has 3 aromatic rings. The second-order valence-corrected chi connectivity index (χ2v) is 11.1. The number of aromatic nitrogens is 2. The molecule has 5 nitrogen and oxygen atoms in total. The predicted octanol–water partition coefficient (Wildman–Crippen LogP) is 6.91. The number of hydrogen-bond acceptors (Lipinski definition) is 3. The van der Waals surface area contributed by atoms with Crippen LogP contribution in [0.4, 0.5) is 0 Å². The Morgan fingerprint density at radius 2 is 1.81 bits per heavy atom. The summed E-state index contributed by atoms with van der Waals surface area (Å²) in [4.78, 5) is 34.5. The number of rotatable bonds is 9. The number of benzene rings is 2. The first kappa shape index (κ1) is 26.1. The monoisotopic (exact) mass is 487 g/mol. The third-order valence-electron chi connectivity index (χ3n) is 7.74. The highest BCUT2D eigenvalue weighted by Crippen LogP contribution is 2.30. The maximum atomic E-state index is 13.9. The molecule has 1 fully saturated rings. The zero-order valence-corrected chi connectivity index (χ0v) is 22.6. The van der Waals surface area contributed by atoms with E-state index < -0.39 is 0 Å². The molecular weight excluding hydrogens is 446 g/mol. The fourth-order valence-electron chi connectivity index (χ4n) is 5.56. The molecule has 2 aromatic carbocycles. The number of carbonyl (C=O) groups excluding carboxylic acids is 1. The molecule has 0 saturated heterocycles. The van der Waals surface area contributed by atoms with E-state index >= 15 is 0 Å². The number of para-hydroxylation sites is 1. The molecule has 0 spiro atoms. The maximum Gasteiger partial charge on any atom is 0.266 e. The molecule has 1 saturated carbocycles. The average Bonchev–Trinajstić information content (AvgIpc) is 3.37. The summed E-state index contributed by atoms with van der Waals surface area (Å²) in [6.07, 6.45) is 7.50. The minimum absolute atomic E-state index is 0.0865. The number of carbonyl (C=O) groups is 1. The van der Waals surface area contributed by atoms with Crippen LogP contribution in [-0.2, 0) is 4.79 Å². The minimum Gasteiger partial charge on any atom is -0.333 e. The lowest BCUT2D eigenvalue weighted by Crippen LogP contribution is -2.38. The van der Waals surface area contributed by atoms with Crippen LogP contribution in [0.15, 0.2) is 47.3 Å². The van der Waals surface area contributed by atoms with Crippen molar-refractivity contribution in [3.05, 3.63) is 69.8 Å². The Labute approximate surface area is 215 Å². The van der Waals surface area contributed by atoms with Crippen LogP contribution in [0.1, 0.15) is 88.7 Å². The maximum absolute atomic E-state index is 13.9. The first-order valence-electron chi connectivity index (χ1n) is 13.6. The summed E-state index contributed by atoms with van der Waals surface area (Å²) in [5, 5.41) is 0.592. The molecule has 1 unspecified atom stereocenters. The van der Waals surface area contributed by atoms with Crippen molar-refractivity contribution in [2.45, 2.75) is 85.6 Å². The Kier molecular flexibility index (Phi) is 8.28. The molecule has 0 aliphatic heterocycles. The van der Waals surface area contributed by atoms with Crippen LogP contribution in [0.25, 0.3) is 16.6 Å². The Bertz CT molecular complexity index is 1270. The van der Waals surface area contributed by atoms with Crippen molar-refractivity contribution in [1.82, 2.24) is 14.5 Å². The van der Waals surface area contributed by atoms with Gasteiger partial charge in [0.25, 0.3) is 5.56 Å². The Morgan fingerprint density at radius 1 is 1.08 bits per heavy atom. The molecule has 192 valence electrons. The lowest BCUT2D eigenvalue weighted by molar-refractivity contribution is -0.134. The van der Waals surface area contributed by atoms with Gasteiger partial charge >= 0.3 is 0 Å². The van der Waals surface area contributed by atoms with Crippen LogP contribution in [0.5, 0.6) is 0 Å². The first-order valence-corrected chi connectivity index (χ1v) is 13.6. The van der Waals surface area contributed by atoms with E-state index in [0.29, 0.717) is 41.5 Å². The summed E-state index contributed by atoms with van der Waals surface area (Å²) in [6, 6.07) is 13.3. The van der Waals surface area contributed by atoms with Gasteiger partial charge < -0.3 is 4.90 Å². The molecule has 0 radical (unpaired) electrons. The van der Waals surface area contributed by atoms with Gasteiger partial charge in [0.15, 0.2) is 0 Å². The summed E-state index contributed by atoms with van der Waals surface area (Å²) in [7, 11) is 0. The predicted molar refractivity (Wildman–Crippen MR) is 148 cm³/mol. The van der Waals surface area contributed by atoms with E-state index in [2.05, 4.69) is 26.8 Å². The van der Waals surface area contributed by atoms with Crippen LogP contribution in [-0.4, -0.2) is 26.9 Å². The third-order valence-corrected chi connectivity index (χ3v) is 7.74. The summed E-state index contributed by atoms with van der Waals surface area (Å²) in [6.45, 7) is 11.2. The molecule has 0 N–H and O–H groups in total. The third kappa shape index (κ3) is 5.71. The van der Waals surface area contributed by atoms with Gasteiger partial charge in [-0.25, -0.2) is 4.98 Å². The largest absolute Gasteiger partial charge is 0.333 e. The van der Waals surface area contributed by atoms with E-state index in [-0.39, 0.29) is 17.5 Å². The number of nitrogens with zero attached hydrogens (tertiary/aromatic N) is 3. The molecule has 1 aliphatic carbocycles. The number of amides is 1. The van der Waals surface area contributed by atoms with E-state index in [1.54, 1.807) is 4.57 Å². The van der Waals surface area contributed by atoms with Crippen LogP contribution in [0, 0.1) is 25.7 Å². The van der Waals surface area contributed by atoms with Crippen LogP contribution in [0.2, 0.25) is 0 Å². The zero-order chi connectivity index (χ0) is 25.8. The van der Waals surface area contributed by atoms with E-state index in [4.69, 9.17) is 4.98 Å². The van der Waals surface area contributed by atoms with Crippen molar-refractivity contribution < 1.29 is 4.79 Å². The Morgan fingerprint density at radius 3 is 2.50 bits per heavy atom. The highest BCUT2D eigenvalue weighted by molar-refractivity contribution is 5.79. The van der Waals surface area contributed by atoms with E-state index in [9.17, 15) is 9.59 Å². The lowest BCUT2D eigenvalue weighted by Gasteiger charge is -2.32. The van der Waals surface area contributed by atoms with Gasteiger partial charge in [0, 0.05) is 13.0 Å². The van der Waals surface area contributed by atoms with Crippen molar-refractivity contribution in [2.24, 2.45) is 11.8 Å². The lowest BCUT2D eigenvalue weighted by atomic mass is 10.0. The van der Waals surface area contributed by atoms with Crippen LogP contribution < -0.4 is 5.56 Å². The Hall–Kier alpha value is -2.95. The molecule has 1 aromatic heterocycles. The standard InChI is InChI=1S/C31H41N3O2/c1-21(2)18-19-33(29(35)17-15-25-10-6-7-11-25)24(5)30-32-27-13-9-8-12-26(27)31(36)34(30)28-16-14-22(3)20-23(28)4/h8-9,12-14,16,20-21,24-25H,6-7,10-11,15,17-19H2,1-5H3. The highest BCUT2D eigenvalue weighted by atomic mass is 16.2. The van der Waals surface area contributed by atoms with Gasteiger partial charge in [-0.3, -0.25) is 14.2 Å². The van der Waals surface area contributed by atoms with Crippen molar-refractivity contribution in [3.63, 3.8) is 0 Å². The van der Waals surface area contributed by atoms with Crippen molar-refractivity contribution in [3.8, 4) is 5.69 Å². The van der Waals surface area contributed by atoms with Gasteiger partial charge in [0.1, 0.15) is 5.82 Å². The minimum atomic E-state index is -0.321. The van der Waals surface area contributed by atoms with Gasteiger partial charge in [-0.05, 0) is 69.2 Å². The SMILES string of the molecule is Cc1ccc(-n2c(C(C)N(CCC(C)C)C(=O)CCC3CCCC3)nc3ccccc3c2=O)c(C)c1. The molecule has 1 aliphatic rings. The molecule has 1 heterocycles. The van der Waals surface area contributed by atoms with Gasteiger partial charge in [0.2, 0.25) is 5.91 Å². The number of hydrogen-bond donors (Lipinski definition) is 0. The first-order chi connectivity index (χ1) is 17.3. The summed E-state index contributed by atoms with van der Waals surface area (Å²) in [5.74, 6) is 1.95. The molecule has 4 rings (SSSR count). The molecule has 1 amide bonds. The summed E-state index contributed by atoms with van der Waals surface area (Å²) >= 11 is 0. The summed E-state index contributed by atoms with van der Waals surface area (Å²) in [5.41, 5.74) is 3.58. The smallest absolute Gasteiger partial charge is 0.266 e. The molecule has 36 heavy (non-hydrogen) atoms. The number of fused-ring (bicyclic) bond motifs is 1.